The van der Waals surface area contributed by atoms with E-state index in [2.05, 4.69) is 10.8 Å². The number of hydrogen-bond acceptors (Lipinski definition) is 4. The fourth-order valence-electron chi connectivity index (χ4n) is 1.60. The van der Waals surface area contributed by atoms with Gasteiger partial charge in [0.1, 0.15) is 0 Å². The summed E-state index contributed by atoms with van der Waals surface area (Å²) in [6, 6.07) is 6.98. The van der Waals surface area contributed by atoms with Gasteiger partial charge in [0, 0.05) is 12.1 Å². The van der Waals surface area contributed by atoms with Gasteiger partial charge in [-0.2, -0.15) is 0 Å². The molecule has 0 unspecified atom stereocenters. The van der Waals surface area contributed by atoms with Gasteiger partial charge in [-0.25, -0.2) is 15.8 Å². The van der Waals surface area contributed by atoms with Gasteiger partial charge in [-0.05, 0) is 31.9 Å². The van der Waals surface area contributed by atoms with Gasteiger partial charge in [-0.1, -0.05) is 24.1 Å². The second-order valence-corrected chi connectivity index (χ2v) is 4.62. The van der Waals surface area contributed by atoms with Crippen LogP contribution in [0.4, 0.5) is 10.5 Å². The molecule has 7 nitrogen and oxygen atoms in total. The van der Waals surface area contributed by atoms with Crippen LogP contribution in [0.3, 0.4) is 0 Å². The van der Waals surface area contributed by atoms with E-state index in [9.17, 15) is 9.59 Å². The van der Waals surface area contributed by atoms with E-state index in [4.69, 9.17) is 10.0 Å². The van der Waals surface area contributed by atoms with E-state index in [0.29, 0.717) is 25.1 Å². The summed E-state index contributed by atoms with van der Waals surface area (Å²) in [5.74, 6) is -0.397. The van der Waals surface area contributed by atoms with Crippen LogP contribution in [0.15, 0.2) is 24.3 Å². The van der Waals surface area contributed by atoms with Gasteiger partial charge in [0.2, 0.25) is 5.91 Å². The summed E-state index contributed by atoms with van der Waals surface area (Å²) in [5, 5.41) is 10.9. The van der Waals surface area contributed by atoms with Crippen LogP contribution >= 0.6 is 0 Å². The number of benzene rings is 1. The Balaban J connectivity index is 2.03. The van der Waals surface area contributed by atoms with E-state index >= 15 is 0 Å². The molecule has 0 radical (unpaired) electrons. The molecule has 4 N–H and O–H groups in total. The van der Waals surface area contributed by atoms with E-state index < -0.39 is 11.9 Å². The normalized spacial score (nSPS) is 10.0. The van der Waals surface area contributed by atoms with E-state index in [-0.39, 0.29) is 6.42 Å². The van der Waals surface area contributed by atoms with E-state index in [1.165, 1.54) is 0 Å². The first-order chi connectivity index (χ1) is 10.1. The fourth-order valence-corrected chi connectivity index (χ4v) is 1.60. The average Bonchev–Trinajstić information content (AvgIpc) is 2.48. The first-order valence-electron chi connectivity index (χ1n) is 6.80. The summed E-state index contributed by atoms with van der Waals surface area (Å²) in [7, 11) is 0. The summed E-state index contributed by atoms with van der Waals surface area (Å²) < 4.78 is 0. The highest BCUT2D eigenvalue weighted by atomic mass is 16.7. The van der Waals surface area contributed by atoms with Crippen LogP contribution in [0.5, 0.6) is 0 Å². The highest BCUT2D eigenvalue weighted by molar-refractivity contribution is 5.88. The Morgan fingerprint density at radius 1 is 1.14 bits per heavy atom. The minimum atomic E-state index is -0.432. The molecule has 0 aromatic heterocycles. The predicted molar refractivity (Wildman–Crippen MR) is 77.7 cm³/mol. The van der Waals surface area contributed by atoms with Gasteiger partial charge in [-0.15, -0.1) is 0 Å². The number of nitrogens with one attached hydrogen (secondary N) is 3. The van der Waals surface area contributed by atoms with Crippen molar-refractivity contribution in [2.75, 3.05) is 11.9 Å². The number of urea groups is 1. The molecule has 0 spiro atoms. The van der Waals surface area contributed by atoms with Gasteiger partial charge in [-0.3, -0.25) is 14.8 Å². The summed E-state index contributed by atoms with van der Waals surface area (Å²) >= 11 is 0. The maximum Gasteiger partial charge on any atom is 0.343 e. The van der Waals surface area contributed by atoms with Crippen LogP contribution in [0, 0.1) is 6.92 Å². The standard InChI is InChI=1S/C14H21N3O4/c1-11-6-8-12(9-7-11)15-14(19)17-21-10-4-2-3-5-13(18)16-20/h6-9,20H,2-5,10H2,1H3,(H,16,18)(H2,15,17,19). The summed E-state index contributed by atoms with van der Waals surface area (Å²) in [6.07, 6.45) is 2.42. The number of unbranched alkanes of at least 4 members (excludes halogenated alkanes) is 2. The molecule has 0 heterocycles. The van der Waals surface area contributed by atoms with E-state index in [1.54, 1.807) is 17.6 Å². The zero-order valence-corrected chi connectivity index (χ0v) is 12.0. The van der Waals surface area contributed by atoms with Gasteiger partial charge < -0.3 is 5.32 Å². The van der Waals surface area contributed by atoms with Crippen LogP contribution in [-0.2, 0) is 9.63 Å². The molecule has 0 fully saturated rings. The number of aryl methyl sites for hydroxylation is 1. The molecule has 0 saturated carbocycles. The van der Waals surface area contributed by atoms with Crippen molar-refractivity contribution in [1.29, 1.82) is 0 Å². The zero-order valence-electron chi connectivity index (χ0n) is 12.0. The first kappa shape index (κ1) is 16.9. The van der Waals surface area contributed by atoms with Crippen LogP contribution in [0.25, 0.3) is 0 Å². The molecule has 0 bridgehead atoms. The van der Waals surface area contributed by atoms with Crippen LogP contribution in [0.2, 0.25) is 0 Å². The van der Waals surface area contributed by atoms with Crippen molar-refractivity contribution in [1.82, 2.24) is 11.0 Å². The molecule has 3 amide bonds. The van der Waals surface area contributed by atoms with E-state index in [0.717, 1.165) is 12.0 Å². The van der Waals surface area contributed by atoms with Crippen molar-refractivity contribution < 1.29 is 19.6 Å². The molecule has 0 aliphatic carbocycles. The second kappa shape index (κ2) is 9.73. The minimum absolute atomic E-state index is 0.276. The highest BCUT2D eigenvalue weighted by Crippen LogP contribution is 2.08. The molecule has 0 aliphatic rings. The zero-order chi connectivity index (χ0) is 15.5. The largest absolute Gasteiger partial charge is 0.343 e. The van der Waals surface area contributed by atoms with E-state index in [1.807, 2.05) is 19.1 Å². The fraction of sp³-hybridized carbons (Fsp3) is 0.429. The Morgan fingerprint density at radius 3 is 2.52 bits per heavy atom. The van der Waals surface area contributed by atoms with Gasteiger partial charge >= 0.3 is 6.03 Å². The molecule has 116 valence electrons. The molecule has 0 saturated heterocycles. The Labute approximate surface area is 123 Å². The molecule has 1 aromatic rings. The van der Waals surface area contributed by atoms with Crippen molar-refractivity contribution in [3.05, 3.63) is 29.8 Å². The number of rotatable bonds is 8. The third-order valence-corrected chi connectivity index (χ3v) is 2.75. The molecule has 0 atom stereocenters. The quantitative estimate of drug-likeness (QED) is 0.335. The molecule has 0 aliphatic heterocycles. The number of amides is 3. The summed E-state index contributed by atoms with van der Waals surface area (Å²) in [4.78, 5) is 27.2. The number of anilines is 1. The average molecular weight is 295 g/mol. The SMILES string of the molecule is Cc1ccc(NC(=O)NOCCCCCC(=O)NO)cc1. The predicted octanol–water partition coefficient (Wildman–Crippen LogP) is 2.11. The smallest absolute Gasteiger partial charge is 0.306 e. The number of carbonyl (C=O) groups is 2. The van der Waals surface area contributed by atoms with Crippen LogP contribution in [-0.4, -0.2) is 23.8 Å². The van der Waals surface area contributed by atoms with Crippen molar-refractivity contribution in [2.24, 2.45) is 0 Å². The Morgan fingerprint density at radius 2 is 1.86 bits per heavy atom. The third-order valence-electron chi connectivity index (χ3n) is 2.75. The lowest BCUT2D eigenvalue weighted by molar-refractivity contribution is -0.129. The van der Waals surface area contributed by atoms with Gasteiger partial charge in [0.25, 0.3) is 0 Å². The highest BCUT2D eigenvalue weighted by Gasteiger charge is 2.01. The second-order valence-electron chi connectivity index (χ2n) is 4.62. The molecule has 1 aromatic carbocycles. The van der Waals surface area contributed by atoms with Crippen molar-refractivity contribution in [3.8, 4) is 0 Å². The lowest BCUT2D eigenvalue weighted by atomic mass is 10.2. The first-order valence-corrected chi connectivity index (χ1v) is 6.80. The Hall–Kier alpha value is -2.12. The molecular formula is C14H21N3O4. The molecule has 7 heteroatoms. The maximum absolute atomic E-state index is 11.5. The van der Waals surface area contributed by atoms with Crippen molar-refractivity contribution in [2.45, 2.75) is 32.6 Å². The number of hydroxylamine groups is 2. The van der Waals surface area contributed by atoms with Gasteiger partial charge in [0.15, 0.2) is 0 Å². The topological polar surface area (TPSA) is 99.7 Å². The number of hydrogen-bond donors (Lipinski definition) is 4. The lowest BCUT2D eigenvalue weighted by Crippen LogP contribution is -2.29. The number of carbonyl (C=O) groups excluding carboxylic acids is 2. The Bertz CT molecular complexity index is 448. The molecule has 1 rings (SSSR count). The van der Waals surface area contributed by atoms with Crippen molar-refractivity contribution in [3.63, 3.8) is 0 Å². The summed E-state index contributed by atoms with van der Waals surface area (Å²) in [5.41, 5.74) is 5.67. The van der Waals surface area contributed by atoms with Crippen LogP contribution < -0.4 is 16.3 Å². The molecule has 21 heavy (non-hydrogen) atoms. The summed E-state index contributed by atoms with van der Waals surface area (Å²) in [6.45, 7) is 2.33. The monoisotopic (exact) mass is 295 g/mol. The maximum atomic E-state index is 11.5. The minimum Gasteiger partial charge on any atom is -0.306 e. The van der Waals surface area contributed by atoms with Gasteiger partial charge in [0.05, 0.1) is 6.61 Å². The lowest BCUT2D eigenvalue weighted by Gasteiger charge is -2.08. The molecular weight excluding hydrogens is 274 g/mol. The third kappa shape index (κ3) is 7.91. The Kier molecular flexibility index (Phi) is 7.85. The van der Waals surface area contributed by atoms with Crippen LogP contribution in [0.1, 0.15) is 31.2 Å². The van der Waals surface area contributed by atoms with Crippen molar-refractivity contribution >= 4 is 17.6 Å².